The Bertz CT molecular complexity index is 612. The van der Waals surface area contributed by atoms with Gasteiger partial charge in [-0.15, -0.1) is 0 Å². The number of rotatable bonds is 4. The van der Waals surface area contributed by atoms with Gasteiger partial charge in [-0.2, -0.15) is 0 Å². The molecule has 3 N–H and O–H groups in total. The van der Waals surface area contributed by atoms with Crippen molar-refractivity contribution in [2.24, 2.45) is 5.73 Å². The molecule has 4 nitrogen and oxygen atoms in total. The number of carbonyl (C=O) groups is 1. The van der Waals surface area contributed by atoms with E-state index in [1.165, 1.54) is 0 Å². The number of nitrogens with one attached hydrogen (secondary N) is 1. The van der Waals surface area contributed by atoms with E-state index in [1.807, 2.05) is 18.2 Å². The summed E-state index contributed by atoms with van der Waals surface area (Å²) >= 11 is 3.37. The molecule has 0 heterocycles. The summed E-state index contributed by atoms with van der Waals surface area (Å²) in [4.78, 5) is 12.2. The summed E-state index contributed by atoms with van der Waals surface area (Å²) in [5, 5.41) is 2.83. The van der Waals surface area contributed by atoms with Gasteiger partial charge < -0.3 is 15.8 Å². The molecule has 0 saturated heterocycles. The number of hydrogen-bond donors (Lipinski definition) is 2. The number of benzene rings is 2. The molecule has 0 bridgehead atoms. The Morgan fingerprint density at radius 1 is 1.25 bits per heavy atom. The minimum Gasteiger partial charge on any atom is -0.495 e. The van der Waals surface area contributed by atoms with Crippen molar-refractivity contribution in [3.05, 3.63) is 58.1 Å². The van der Waals surface area contributed by atoms with Crippen LogP contribution in [0.4, 0.5) is 5.69 Å². The van der Waals surface area contributed by atoms with Crippen molar-refractivity contribution in [2.45, 2.75) is 6.54 Å². The minimum absolute atomic E-state index is 0.190. The Morgan fingerprint density at radius 3 is 2.55 bits per heavy atom. The molecule has 0 atom stereocenters. The van der Waals surface area contributed by atoms with Gasteiger partial charge in [0, 0.05) is 16.6 Å². The summed E-state index contributed by atoms with van der Waals surface area (Å²) in [5.74, 6) is 0.421. The first-order valence-corrected chi connectivity index (χ1v) is 6.87. The Labute approximate surface area is 126 Å². The Balaban J connectivity index is 2.20. The van der Waals surface area contributed by atoms with E-state index in [1.54, 1.807) is 31.4 Å². The maximum absolute atomic E-state index is 12.2. The quantitative estimate of drug-likeness (QED) is 0.902. The van der Waals surface area contributed by atoms with Crippen LogP contribution in [0, 0.1) is 0 Å². The normalized spacial score (nSPS) is 10.2. The van der Waals surface area contributed by atoms with Gasteiger partial charge in [0.05, 0.1) is 12.8 Å². The van der Waals surface area contributed by atoms with Gasteiger partial charge in [-0.05, 0) is 35.9 Å². The Hall–Kier alpha value is -1.85. The van der Waals surface area contributed by atoms with Gasteiger partial charge in [-0.25, -0.2) is 0 Å². The molecule has 0 aliphatic rings. The number of methoxy groups -OCH3 is 1. The van der Waals surface area contributed by atoms with Crippen LogP contribution >= 0.6 is 15.9 Å². The minimum atomic E-state index is -0.190. The van der Waals surface area contributed by atoms with Crippen LogP contribution in [0.1, 0.15) is 15.9 Å². The molecule has 2 aromatic rings. The van der Waals surface area contributed by atoms with Gasteiger partial charge in [-0.1, -0.05) is 28.1 Å². The molecule has 0 spiro atoms. The van der Waals surface area contributed by atoms with Gasteiger partial charge in [0.2, 0.25) is 0 Å². The molecule has 104 valence electrons. The Kier molecular flexibility index (Phi) is 4.76. The van der Waals surface area contributed by atoms with Crippen LogP contribution in [0.25, 0.3) is 0 Å². The highest BCUT2D eigenvalue weighted by atomic mass is 79.9. The number of amides is 1. The molecule has 2 rings (SSSR count). The lowest BCUT2D eigenvalue weighted by Gasteiger charge is -2.10. The summed E-state index contributed by atoms with van der Waals surface area (Å²) in [6.45, 7) is 0.460. The van der Waals surface area contributed by atoms with E-state index in [9.17, 15) is 4.79 Å². The maximum Gasteiger partial charge on any atom is 0.255 e. The van der Waals surface area contributed by atoms with E-state index in [4.69, 9.17) is 10.5 Å². The summed E-state index contributed by atoms with van der Waals surface area (Å²) < 4.78 is 6.09. The van der Waals surface area contributed by atoms with Gasteiger partial charge >= 0.3 is 0 Å². The topological polar surface area (TPSA) is 64.3 Å². The van der Waals surface area contributed by atoms with Crippen molar-refractivity contribution in [3.63, 3.8) is 0 Å². The number of hydrogen-bond acceptors (Lipinski definition) is 3. The first kappa shape index (κ1) is 14.6. The van der Waals surface area contributed by atoms with Crippen LogP contribution in [-0.2, 0) is 6.54 Å². The molecule has 5 heteroatoms. The SMILES string of the molecule is COc1ccc(Br)cc1NC(=O)c1ccc(CN)cc1. The van der Waals surface area contributed by atoms with E-state index >= 15 is 0 Å². The number of ether oxygens (including phenoxy) is 1. The van der Waals surface area contributed by atoms with E-state index in [0.29, 0.717) is 23.5 Å². The molecule has 1 amide bonds. The predicted molar refractivity (Wildman–Crippen MR) is 83.0 cm³/mol. The zero-order valence-corrected chi connectivity index (χ0v) is 12.6. The summed E-state index contributed by atoms with van der Waals surface area (Å²) in [5.41, 5.74) is 7.71. The molecule has 0 radical (unpaired) electrons. The number of nitrogens with two attached hydrogens (primary N) is 1. The van der Waals surface area contributed by atoms with E-state index in [2.05, 4.69) is 21.2 Å². The lowest BCUT2D eigenvalue weighted by Crippen LogP contribution is -2.12. The smallest absolute Gasteiger partial charge is 0.255 e. The van der Waals surface area contributed by atoms with E-state index < -0.39 is 0 Å². The molecule has 20 heavy (non-hydrogen) atoms. The fourth-order valence-electron chi connectivity index (χ4n) is 1.76. The van der Waals surface area contributed by atoms with Gasteiger partial charge in [-0.3, -0.25) is 4.79 Å². The molecule has 0 aliphatic heterocycles. The second-order valence-electron chi connectivity index (χ2n) is 4.20. The van der Waals surface area contributed by atoms with Crippen LogP contribution < -0.4 is 15.8 Å². The Morgan fingerprint density at radius 2 is 1.95 bits per heavy atom. The van der Waals surface area contributed by atoms with Crippen LogP contribution in [0.3, 0.4) is 0 Å². The largest absolute Gasteiger partial charge is 0.495 e. The third-order valence-corrected chi connectivity index (χ3v) is 3.35. The highest BCUT2D eigenvalue weighted by molar-refractivity contribution is 9.10. The molecule has 0 unspecified atom stereocenters. The second kappa shape index (κ2) is 6.54. The highest BCUT2D eigenvalue weighted by Gasteiger charge is 2.10. The zero-order chi connectivity index (χ0) is 14.5. The van der Waals surface area contributed by atoms with Crippen molar-refractivity contribution >= 4 is 27.5 Å². The average molecular weight is 335 g/mol. The van der Waals surface area contributed by atoms with Gasteiger partial charge in [0.25, 0.3) is 5.91 Å². The average Bonchev–Trinajstić information content (AvgIpc) is 2.47. The lowest BCUT2D eigenvalue weighted by atomic mass is 10.1. The first-order valence-electron chi connectivity index (χ1n) is 6.08. The van der Waals surface area contributed by atoms with Gasteiger partial charge in [0.1, 0.15) is 5.75 Å². The first-order chi connectivity index (χ1) is 9.63. The predicted octanol–water partition coefficient (Wildman–Crippen LogP) is 3.17. The van der Waals surface area contributed by atoms with Crippen molar-refractivity contribution in [1.29, 1.82) is 0 Å². The summed E-state index contributed by atoms with van der Waals surface area (Å²) in [6, 6.07) is 12.6. The molecule has 2 aromatic carbocycles. The molecule has 0 fully saturated rings. The van der Waals surface area contributed by atoms with E-state index in [0.717, 1.165) is 10.0 Å². The van der Waals surface area contributed by atoms with Crippen molar-refractivity contribution in [3.8, 4) is 5.75 Å². The molecule has 0 aromatic heterocycles. The summed E-state index contributed by atoms with van der Waals surface area (Å²) in [6.07, 6.45) is 0. The highest BCUT2D eigenvalue weighted by Crippen LogP contribution is 2.28. The fraction of sp³-hybridized carbons (Fsp3) is 0.133. The van der Waals surface area contributed by atoms with Crippen LogP contribution in [0.5, 0.6) is 5.75 Å². The fourth-order valence-corrected chi connectivity index (χ4v) is 2.13. The monoisotopic (exact) mass is 334 g/mol. The molecular weight excluding hydrogens is 320 g/mol. The third kappa shape index (κ3) is 3.37. The zero-order valence-electron chi connectivity index (χ0n) is 11.0. The molecule has 0 aliphatic carbocycles. The van der Waals surface area contributed by atoms with Crippen molar-refractivity contribution < 1.29 is 9.53 Å². The molecular formula is C15H15BrN2O2. The third-order valence-electron chi connectivity index (χ3n) is 2.86. The van der Waals surface area contributed by atoms with Crippen molar-refractivity contribution in [2.75, 3.05) is 12.4 Å². The summed E-state index contributed by atoms with van der Waals surface area (Å²) in [7, 11) is 1.56. The van der Waals surface area contributed by atoms with Crippen molar-refractivity contribution in [1.82, 2.24) is 0 Å². The van der Waals surface area contributed by atoms with Gasteiger partial charge in [0.15, 0.2) is 0 Å². The number of carbonyl (C=O) groups excluding carboxylic acids is 1. The van der Waals surface area contributed by atoms with Crippen LogP contribution in [-0.4, -0.2) is 13.0 Å². The standard InChI is InChI=1S/C15H15BrN2O2/c1-20-14-7-6-12(16)8-13(14)18-15(19)11-4-2-10(9-17)3-5-11/h2-8H,9,17H2,1H3,(H,18,19). The number of anilines is 1. The maximum atomic E-state index is 12.2. The van der Waals surface area contributed by atoms with Crippen LogP contribution in [0.15, 0.2) is 46.9 Å². The number of halogens is 1. The lowest BCUT2D eigenvalue weighted by molar-refractivity contribution is 0.102. The molecule has 0 saturated carbocycles. The van der Waals surface area contributed by atoms with E-state index in [-0.39, 0.29) is 5.91 Å². The second-order valence-corrected chi connectivity index (χ2v) is 5.12. The van der Waals surface area contributed by atoms with Crippen LogP contribution in [0.2, 0.25) is 0 Å².